The van der Waals surface area contributed by atoms with Crippen molar-refractivity contribution in [3.8, 4) is 0 Å². The van der Waals surface area contributed by atoms with Gasteiger partial charge in [-0.2, -0.15) is 0 Å². The van der Waals surface area contributed by atoms with Crippen molar-refractivity contribution in [3.05, 3.63) is 0 Å². The van der Waals surface area contributed by atoms with E-state index in [-0.39, 0.29) is 12.4 Å². The van der Waals surface area contributed by atoms with Crippen molar-refractivity contribution in [2.45, 2.75) is 149 Å². The van der Waals surface area contributed by atoms with Crippen molar-refractivity contribution >= 4 is 0 Å². The largest absolute Gasteiger partial charge is 1.00 e. The van der Waals surface area contributed by atoms with Crippen molar-refractivity contribution < 1.29 is 16.9 Å². The van der Waals surface area contributed by atoms with Crippen molar-refractivity contribution in [2.24, 2.45) is 0 Å². The van der Waals surface area contributed by atoms with E-state index in [4.69, 9.17) is 0 Å². The van der Waals surface area contributed by atoms with Gasteiger partial charge in [0.15, 0.2) is 0 Å². The smallest absolute Gasteiger partial charge is 0.0784 e. The van der Waals surface area contributed by atoms with Gasteiger partial charge in [0.1, 0.15) is 0 Å². The minimum Gasteiger partial charge on any atom is -1.00 e. The third kappa shape index (κ3) is 22.8. The molecule has 0 aliphatic rings. The molecule has 0 saturated carbocycles. The van der Waals surface area contributed by atoms with E-state index in [0.717, 1.165) is 0 Å². The Morgan fingerprint density at radius 2 is 0.621 bits per heavy atom. The predicted molar refractivity (Wildman–Crippen MR) is 130 cm³/mol. The minimum atomic E-state index is 0. The lowest BCUT2D eigenvalue weighted by molar-refractivity contribution is -0.908. The Labute approximate surface area is 192 Å². The SMILES string of the molecule is CCCCCCCCCCCC[N+](C)(CC)CCCCCCCCCCCC.[Cl-]. The Balaban J connectivity index is 0. The van der Waals surface area contributed by atoms with E-state index in [1.165, 1.54) is 153 Å². The first-order chi connectivity index (χ1) is 13.7. The normalized spacial score (nSPS) is 11.6. The van der Waals surface area contributed by atoms with Crippen LogP contribution < -0.4 is 12.4 Å². The van der Waals surface area contributed by atoms with Gasteiger partial charge in [-0.05, 0) is 32.6 Å². The average molecular weight is 432 g/mol. The molecular weight excluding hydrogens is 374 g/mol. The summed E-state index contributed by atoms with van der Waals surface area (Å²) in [6.07, 6.45) is 29.1. The van der Waals surface area contributed by atoms with Gasteiger partial charge >= 0.3 is 0 Å². The van der Waals surface area contributed by atoms with Crippen LogP contribution in [-0.4, -0.2) is 31.2 Å². The minimum absolute atomic E-state index is 0. The summed E-state index contributed by atoms with van der Waals surface area (Å²) in [5.41, 5.74) is 0. The zero-order chi connectivity index (χ0) is 20.8. The standard InChI is InChI=1S/C27H58N.ClH/c1-5-8-10-12-14-16-18-20-22-24-26-28(4,7-3)27-25-23-21-19-17-15-13-11-9-6-2;/h5-27H2,1-4H3;1H/q+1;/p-1. The molecule has 0 radical (unpaired) electrons. The fourth-order valence-electron chi connectivity index (χ4n) is 4.39. The maximum atomic E-state index is 2.50. The molecule has 0 saturated heterocycles. The molecule has 0 aromatic carbocycles. The van der Waals surface area contributed by atoms with Gasteiger partial charge in [0, 0.05) is 0 Å². The van der Waals surface area contributed by atoms with E-state index in [1.54, 1.807) is 0 Å². The second-order valence-electron chi connectivity index (χ2n) is 9.75. The fourth-order valence-corrected chi connectivity index (χ4v) is 4.39. The van der Waals surface area contributed by atoms with E-state index in [1.807, 2.05) is 0 Å². The lowest BCUT2D eigenvalue weighted by atomic mass is 10.1. The van der Waals surface area contributed by atoms with Gasteiger partial charge in [-0.25, -0.2) is 0 Å². The van der Waals surface area contributed by atoms with Crippen molar-refractivity contribution in [1.82, 2.24) is 0 Å². The number of rotatable bonds is 23. The molecule has 0 spiro atoms. The van der Waals surface area contributed by atoms with Crippen LogP contribution in [0.5, 0.6) is 0 Å². The highest BCUT2D eigenvalue weighted by atomic mass is 35.5. The van der Waals surface area contributed by atoms with Gasteiger partial charge in [0.25, 0.3) is 0 Å². The number of hydrogen-bond acceptors (Lipinski definition) is 0. The van der Waals surface area contributed by atoms with Crippen LogP contribution in [-0.2, 0) is 0 Å². The summed E-state index contributed by atoms with van der Waals surface area (Å²) in [6, 6.07) is 0. The van der Waals surface area contributed by atoms with Crippen LogP contribution >= 0.6 is 0 Å². The third-order valence-corrected chi connectivity index (χ3v) is 6.87. The maximum Gasteiger partial charge on any atom is 0.0784 e. The van der Waals surface area contributed by atoms with E-state index in [0.29, 0.717) is 0 Å². The molecule has 29 heavy (non-hydrogen) atoms. The summed E-state index contributed by atoms with van der Waals surface area (Å²) in [6.45, 7) is 11.1. The predicted octanol–water partition coefficient (Wildman–Crippen LogP) is 6.30. The van der Waals surface area contributed by atoms with Crippen molar-refractivity contribution in [3.63, 3.8) is 0 Å². The van der Waals surface area contributed by atoms with Crippen LogP contribution in [0.2, 0.25) is 0 Å². The van der Waals surface area contributed by atoms with E-state index >= 15 is 0 Å². The molecule has 0 aromatic rings. The first kappa shape index (κ1) is 31.4. The van der Waals surface area contributed by atoms with Gasteiger partial charge in [0.05, 0.1) is 26.7 Å². The molecule has 2 heteroatoms. The lowest BCUT2D eigenvalue weighted by Gasteiger charge is -2.33. The van der Waals surface area contributed by atoms with E-state index in [2.05, 4.69) is 27.8 Å². The zero-order valence-corrected chi connectivity index (χ0v) is 21.8. The number of halogens is 1. The topological polar surface area (TPSA) is 0 Å². The maximum absolute atomic E-state index is 2.50. The zero-order valence-electron chi connectivity index (χ0n) is 21.1. The van der Waals surface area contributed by atoms with Gasteiger partial charge in [-0.3, -0.25) is 0 Å². The highest BCUT2D eigenvalue weighted by Crippen LogP contribution is 2.15. The van der Waals surface area contributed by atoms with Gasteiger partial charge < -0.3 is 16.9 Å². The Hall–Kier alpha value is 0.250. The Morgan fingerprint density at radius 1 is 0.379 bits per heavy atom. The van der Waals surface area contributed by atoms with Crippen molar-refractivity contribution in [2.75, 3.05) is 26.7 Å². The molecule has 0 rings (SSSR count). The Kier molecular flexibility index (Phi) is 26.6. The molecule has 0 amide bonds. The van der Waals surface area contributed by atoms with Gasteiger partial charge in [-0.15, -0.1) is 0 Å². The lowest BCUT2D eigenvalue weighted by Crippen LogP contribution is -3.00. The monoisotopic (exact) mass is 431 g/mol. The third-order valence-electron chi connectivity index (χ3n) is 6.87. The number of unbranched alkanes of at least 4 members (excludes halogenated alkanes) is 18. The average Bonchev–Trinajstić information content (AvgIpc) is 2.71. The van der Waals surface area contributed by atoms with Gasteiger partial charge in [0.2, 0.25) is 0 Å². The second-order valence-corrected chi connectivity index (χ2v) is 9.75. The second kappa shape index (κ2) is 24.5. The molecular formula is C27H58ClN. The summed E-state index contributed by atoms with van der Waals surface area (Å²) in [5.74, 6) is 0. The molecule has 0 bridgehead atoms. The number of hydrogen-bond donors (Lipinski definition) is 0. The molecule has 0 aromatic heterocycles. The molecule has 0 atom stereocenters. The van der Waals surface area contributed by atoms with Crippen LogP contribution in [0.25, 0.3) is 0 Å². The number of nitrogens with zero attached hydrogens (tertiary/aromatic N) is 1. The van der Waals surface area contributed by atoms with Crippen LogP contribution in [0.4, 0.5) is 0 Å². The first-order valence-electron chi connectivity index (χ1n) is 13.5. The molecule has 0 heterocycles. The fraction of sp³-hybridized carbons (Fsp3) is 1.00. The molecule has 0 fully saturated rings. The van der Waals surface area contributed by atoms with Crippen molar-refractivity contribution in [1.29, 1.82) is 0 Å². The summed E-state index contributed by atoms with van der Waals surface area (Å²) in [5, 5.41) is 0. The van der Waals surface area contributed by atoms with Crippen LogP contribution in [0, 0.1) is 0 Å². The molecule has 0 aliphatic heterocycles. The van der Waals surface area contributed by atoms with E-state index in [9.17, 15) is 0 Å². The highest BCUT2D eigenvalue weighted by Gasteiger charge is 2.17. The van der Waals surface area contributed by atoms with Crippen LogP contribution in [0.3, 0.4) is 0 Å². The summed E-state index contributed by atoms with van der Waals surface area (Å²) in [4.78, 5) is 0. The first-order valence-corrected chi connectivity index (χ1v) is 13.5. The highest BCUT2D eigenvalue weighted by molar-refractivity contribution is 4.50. The Bertz CT molecular complexity index is 268. The molecule has 0 N–H and O–H groups in total. The molecule has 178 valence electrons. The quantitative estimate of drug-likeness (QED) is 0.131. The summed E-state index contributed by atoms with van der Waals surface area (Å²) >= 11 is 0. The van der Waals surface area contributed by atoms with Crippen LogP contribution in [0.1, 0.15) is 149 Å². The van der Waals surface area contributed by atoms with Gasteiger partial charge in [-0.1, -0.05) is 117 Å². The van der Waals surface area contributed by atoms with E-state index < -0.39 is 0 Å². The number of quaternary nitrogens is 1. The molecule has 0 aliphatic carbocycles. The molecule has 0 unspecified atom stereocenters. The summed E-state index contributed by atoms with van der Waals surface area (Å²) in [7, 11) is 2.50. The molecule has 1 nitrogen and oxygen atoms in total. The summed E-state index contributed by atoms with van der Waals surface area (Å²) < 4.78 is 1.31. The van der Waals surface area contributed by atoms with Crippen LogP contribution in [0.15, 0.2) is 0 Å². The Morgan fingerprint density at radius 3 is 0.862 bits per heavy atom.